The molecule has 144 valence electrons. The highest BCUT2D eigenvalue weighted by Crippen LogP contribution is 2.29. The van der Waals surface area contributed by atoms with Gasteiger partial charge in [0.05, 0.1) is 17.9 Å². The third kappa shape index (κ3) is 6.96. The van der Waals surface area contributed by atoms with Gasteiger partial charge < -0.3 is 4.74 Å². The molecule has 2 aromatic rings. The van der Waals surface area contributed by atoms with Crippen LogP contribution in [0.5, 0.6) is 5.75 Å². The van der Waals surface area contributed by atoms with Crippen LogP contribution in [0.2, 0.25) is 0 Å². The number of aryl methyl sites for hydroxylation is 1. The average molecular weight is 397 g/mol. The van der Waals surface area contributed by atoms with Crippen LogP contribution in [0.1, 0.15) is 16.7 Å². The van der Waals surface area contributed by atoms with Gasteiger partial charge in [-0.25, -0.2) is 13.1 Å². The lowest BCUT2D eigenvalue weighted by Crippen LogP contribution is -2.25. The number of nitrogens with one attached hydrogen (secondary N) is 1. The van der Waals surface area contributed by atoms with Crippen LogP contribution in [-0.4, -0.2) is 21.6 Å². The van der Waals surface area contributed by atoms with Crippen molar-refractivity contribution in [2.24, 2.45) is 0 Å². The van der Waals surface area contributed by atoms with Gasteiger partial charge in [-0.2, -0.15) is 13.2 Å². The van der Waals surface area contributed by atoms with E-state index in [4.69, 9.17) is 4.74 Å². The number of alkyl halides is 3. The van der Waals surface area contributed by atoms with Crippen LogP contribution in [-0.2, 0) is 22.0 Å². The maximum absolute atomic E-state index is 12.5. The Morgan fingerprint density at radius 2 is 1.70 bits per heavy atom. The minimum absolute atomic E-state index is 0.111. The van der Waals surface area contributed by atoms with Gasteiger partial charge in [0.1, 0.15) is 12.4 Å². The number of ether oxygens (including phenoxy) is 1. The van der Waals surface area contributed by atoms with Gasteiger partial charge in [0.2, 0.25) is 10.0 Å². The molecular formula is C19H18F3NO3S. The van der Waals surface area contributed by atoms with E-state index in [1.165, 1.54) is 0 Å². The molecule has 2 aromatic carbocycles. The Labute approximate surface area is 156 Å². The lowest BCUT2D eigenvalue weighted by atomic mass is 10.1. The molecular weight excluding hydrogens is 379 g/mol. The van der Waals surface area contributed by atoms with E-state index in [1.807, 2.05) is 31.2 Å². The summed E-state index contributed by atoms with van der Waals surface area (Å²) >= 11 is 0. The fourth-order valence-electron chi connectivity index (χ4n) is 2.15. The van der Waals surface area contributed by atoms with Crippen LogP contribution < -0.4 is 9.46 Å². The zero-order valence-electron chi connectivity index (χ0n) is 14.5. The molecule has 0 saturated carbocycles. The van der Waals surface area contributed by atoms with E-state index in [0.717, 1.165) is 29.8 Å². The summed E-state index contributed by atoms with van der Waals surface area (Å²) < 4.78 is 69.1. The van der Waals surface area contributed by atoms with Gasteiger partial charge in [-0.05, 0) is 36.2 Å². The van der Waals surface area contributed by atoms with Crippen molar-refractivity contribution in [2.75, 3.05) is 13.2 Å². The second-order valence-electron chi connectivity index (χ2n) is 5.68. The molecule has 0 amide bonds. The Morgan fingerprint density at radius 1 is 1.04 bits per heavy atom. The average Bonchev–Trinajstić information content (AvgIpc) is 2.58. The third-order valence-corrected chi connectivity index (χ3v) is 4.83. The predicted molar refractivity (Wildman–Crippen MR) is 96.5 cm³/mol. The number of hydrogen-bond donors (Lipinski definition) is 1. The standard InChI is InChI=1S/C19H18F3NO3S/c1-15-6-2-3-7-18(15)26-13-5-4-12-23-27(24,25)14-16-8-10-17(11-9-16)19(20,21)22/h2-3,6-11,23H,12-14H2,1H3. The summed E-state index contributed by atoms with van der Waals surface area (Å²) in [6.07, 6.45) is -4.45. The molecule has 0 aliphatic carbocycles. The predicted octanol–water partition coefficient (Wildman–Crippen LogP) is 3.52. The van der Waals surface area contributed by atoms with Gasteiger partial charge in [0, 0.05) is 0 Å². The molecule has 2 rings (SSSR count). The SMILES string of the molecule is Cc1ccccc1OCC#CCNS(=O)(=O)Cc1ccc(C(F)(F)F)cc1. The van der Waals surface area contributed by atoms with Crippen LogP contribution in [0.3, 0.4) is 0 Å². The van der Waals surface area contributed by atoms with Crippen LogP contribution in [0, 0.1) is 18.8 Å². The summed E-state index contributed by atoms with van der Waals surface area (Å²) in [6, 6.07) is 11.4. The van der Waals surface area contributed by atoms with Gasteiger partial charge in [-0.1, -0.05) is 42.2 Å². The maximum Gasteiger partial charge on any atom is 0.416 e. The highest BCUT2D eigenvalue weighted by atomic mass is 32.2. The van der Waals surface area contributed by atoms with Crippen molar-refractivity contribution in [3.05, 3.63) is 65.2 Å². The van der Waals surface area contributed by atoms with E-state index in [9.17, 15) is 21.6 Å². The smallest absolute Gasteiger partial charge is 0.416 e. The van der Waals surface area contributed by atoms with Crippen LogP contribution in [0.4, 0.5) is 13.2 Å². The number of rotatable bonds is 6. The van der Waals surface area contributed by atoms with Crippen LogP contribution in [0.15, 0.2) is 48.5 Å². The molecule has 0 unspecified atom stereocenters. The highest BCUT2D eigenvalue weighted by Gasteiger charge is 2.30. The molecule has 1 N–H and O–H groups in total. The van der Waals surface area contributed by atoms with Crippen molar-refractivity contribution in [1.82, 2.24) is 4.72 Å². The molecule has 0 fully saturated rings. The number of benzene rings is 2. The largest absolute Gasteiger partial charge is 0.481 e. The molecule has 0 bridgehead atoms. The first kappa shape index (κ1) is 20.8. The van der Waals surface area contributed by atoms with Gasteiger partial charge in [-0.3, -0.25) is 0 Å². The van der Waals surface area contributed by atoms with Crippen molar-refractivity contribution in [3.8, 4) is 17.6 Å². The first-order chi connectivity index (χ1) is 12.7. The zero-order chi connectivity index (χ0) is 19.9. The zero-order valence-corrected chi connectivity index (χ0v) is 15.3. The van der Waals surface area contributed by atoms with Crippen molar-refractivity contribution in [3.63, 3.8) is 0 Å². The lowest BCUT2D eigenvalue weighted by molar-refractivity contribution is -0.137. The minimum Gasteiger partial charge on any atom is -0.481 e. The van der Waals surface area contributed by atoms with Gasteiger partial charge in [0.25, 0.3) is 0 Å². The Balaban J connectivity index is 1.81. The number of para-hydroxylation sites is 1. The van der Waals surface area contributed by atoms with Crippen molar-refractivity contribution >= 4 is 10.0 Å². The Morgan fingerprint density at radius 3 is 2.33 bits per heavy atom. The molecule has 0 saturated heterocycles. The molecule has 0 atom stereocenters. The summed E-state index contributed by atoms with van der Waals surface area (Å²) in [5.41, 5.74) is 0.402. The summed E-state index contributed by atoms with van der Waals surface area (Å²) in [5, 5.41) is 0. The first-order valence-electron chi connectivity index (χ1n) is 7.95. The summed E-state index contributed by atoms with van der Waals surface area (Å²) in [4.78, 5) is 0. The van der Waals surface area contributed by atoms with Crippen molar-refractivity contribution in [2.45, 2.75) is 18.9 Å². The maximum atomic E-state index is 12.5. The monoisotopic (exact) mass is 397 g/mol. The van der Waals surface area contributed by atoms with E-state index in [0.29, 0.717) is 5.75 Å². The Bertz CT molecular complexity index is 927. The molecule has 0 heterocycles. The molecule has 0 aliphatic heterocycles. The van der Waals surface area contributed by atoms with Crippen molar-refractivity contribution in [1.29, 1.82) is 0 Å². The summed E-state index contributed by atoms with van der Waals surface area (Å²) in [5.74, 6) is 5.61. The Kier molecular flexibility index (Phi) is 6.88. The van der Waals surface area contributed by atoms with Crippen LogP contribution >= 0.6 is 0 Å². The molecule has 0 aromatic heterocycles. The fourth-order valence-corrected chi connectivity index (χ4v) is 3.18. The van der Waals surface area contributed by atoms with Crippen LogP contribution in [0.25, 0.3) is 0 Å². The Hall–Kier alpha value is -2.50. The molecule has 27 heavy (non-hydrogen) atoms. The number of sulfonamides is 1. The second-order valence-corrected chi connectivity index (χ2v) is 7.49. The van der Waals surface area contributed by atoms with E-state index in [-0.39, 0.29) is 18.7 Å². The van der Waals surface area contributed by atoms with E-state index < -0.39 is 27.5 Å². The van der Waals surface area contributed by atoms with E-state index in [2.05, 4.69) is 16.6 Å². The van der Waals surface area contributed by atoms with Gasteiger partial charge in [0.15, 0.2) is 0 Å². The lowest BCUT2D eigenvalue weighted by Gasteiger charge is -2.08. The quantitative estimate of drug-likeness (QED) is 0.759. The summed E-state index contributed by atoms with van der Waals surface area (Å²) in [6.45, 7) is 1.91. The fraction of sp³-hybridized carbons (Fsp3) is 0.263. The second kappa shape index (κ2) is 8.93. The molecule has 0 radical (unpaired) electrons. The topological polar surface area (TPSA) is 55.4 Å². The van der Waals surface area contributed by atoms with E-state index in [1.54, 1.807) is 0 Å². The minimum atomic E-state index is -4.45. The van der Waals surface area contributed by atoms with Crippen molar-refractivity contribution < 1.29 is 26.3 Å². The molecule has 4 nitrogen and oxygen atoms in total. The number of halogens is 3. The first-order valence-corrected chi connectivity index (χ1v) is 9.60. The molecule has 0 aliphatic rings. The molecule has 0 spiro atoms. The van der Waals surface area contributed by atoms with Gasteiger partial charge >= 0.3 is 6.18 Å². The number of hydrogen-bond acceptors (Lipinski definition) is 3. The third-order valence-electron chi connectivity index (χ3n) is 3.54. The van der Waals surface area contributed by atoms with Gasteiger partial charge in [-0.15, -0.1) is 0 Å². The molecule has 8 heteroatoms. The summed E-state index contributed by atoms with van der Waals surface area (Å²) in [7, 11) is -3.70. The normalized spacial score (nSPS) is 11.6. The highest BCUT2D eigenvalue weighted by molar-refractivity contribution is 7.88. The van der Waals surface area contributed by atoms with E-state index >= 15 is 0 Å².